The van der Waals surface area contributed by atoms with Gasteiger partial charge in [-0.15, -0.1) is 0 Å². The van der Waals surface area contributed by atoms with E-state index >= 15 is 0 Å². The van der Waals surface area contributed by atoms with Crippen LogP contribution in [0.5, 0.6) is 0 Å². The molecule has 0 atom stereocenters. The number of para-hydroxylation sites is 2. The zero-order valence-corrected chi connectivity index (χ0v) is 35.9. The van der Waals surface area contributed by atoms with Crippen LogP contribution in [0.25, 0.3) is 0 Å². The Bertz CT molecular complexity index is 2330. The Morgan fingerprint density at radius 2 is 1.24 bits per heavy atom. The SMILES string of the molecule is Cc1nc(CCCN2CCOCC2)cc(Nc2ncc(C(=O)Nc3c(C)cccc3Cl)s2)n1.Cc1nc(Cl)cc(Nc2ncc(C(=O)Nc3c(C)cccc3Cl)s2)n1. The smallest absolute Gasteiger partial charge is 0.267 e. The van der Waals surface area contributed by atoms with Crippen LogP contribution in [0, 0.1) is 27.7 Å². The van der Waals surface area contributed by atoms with Gasteiger partial charge in [0.25, 0.3) is 11.8 Å². The summed E-state index contributed by atoms with van der Waals surface area (Å²) in [4.78, 5) is 54.2. The third-order valence-corrected chi connectivity index (χ3v) is 11.2. The molecule has 1 aliphatic heterocycles. The van der Waals surface area contributed by atoms with Gasteiger partial charge in [0.05, 0.1) is 47.0 Å². The first-order chi connectivity index (χ1) is 27.9. The number of halogens is 3. The van der Waals surface area contributed by atoms with Crippen molar-refractivity contribution in [2.24, 2.45) is 0 Å². The number of carbonyl (C=O) groups is 2. The van der Waals surface area contributed by atoms with Crippen LogP contribution in [0.4, 0.5) is 33.3 Å². The number of nitrogens with one attached hydrogen (secondary N) is 4. The lowest BCUT2D eigenvalue weighted by molar-refractivity contribution is 0.0374. The van der Waals surface area contributed by atoms with Crippen LogP contribution in [-0.2, 0) is 11.2 Å². The monoisotopic (exact) mass is 879 g/mol. The highest BCUT2D eigenvalue weighted by Gasteiger charge is 2.17. The van der Waals surface area contributed by atoms with Gasteiger partial charge in [0.15, 0.2) is 10.3 Å². The average molecular weight is 881 g/mol. The molecule has 5 heterocycles. The van der Waals surface area contributed by atoms with Crippen molar-refractivity contribution in [2.75, 3.05) is 54.1 Å². The molecular formula is C39H40Cl3N11O3S2. The van der Waals surface area contributed by atoms with Crippen LogP contribution in [0.1, 0.15) is 54.2 Å². The maximum absolute atomic E-state index is 12.7. The summed E-state index contributed by atoms with van der Waals surface area (Å²) in [5.74, 6) is 1.90. The normalized spacial score (nSPS) is 12.7. The molecule has 58 heavy (non-hydrogen) atoms. The molecule has 0 spiro atoms. The van der Waals surface area contributed by atoms with Gasteiger partial charge in [-0.05, 0) is 70.3 Å². The summed E-state index contributed by atoms with van der Waals surface area (Å²) < 4.78 is 5.40. The summed E-state index contributed by atoms with van der Waals surface area (Å²) in [6.07, 6.45) is 4.94. The molecule has 0 unspecified atom stereocenters. The van der Waals surface area contributed by atoms with E-state index < -0.39 is 0 Å². The standard InChI is InChI=1S/C23H27ClN6O2S.C16H13Cl2N5OS/c1-15-5-3-7-18(24)21(15)29-22(31)19-14-25-23(33-19)28-20-13-17(26-16(2)27-20)6-4-8-30-9-11-32-12-10-30;1-8-4-3-5-10(17)14(8)23-15(24)11-7-19-16(25-11)22-13-6-12(18)20-9(2)21-13/h3,5,7,13-14H,4,6,8-12H2,1-2H3,(H,29,31)(H,25,26,27,28);3-7H,1-2H3,(H,23,24)(H,19,20,21,22). The van der Waals surface area contributed by atoms with Gasteiger partial charge < -0.3 is 26.0 Å². The summed E-state index contributed by atoms with van der Waals surface area (Å²) in [5, 5.41) is 14.4. The van der Waals surface area contributed by atoms with E-state index in [4.69, 9.17) is 39.5 Å². The van der Waals surface area contributed by atoms with Crippen LogP contribution >= 0.6 is 57.5 Å². The van der Waals surface area contributed by atoms with Crippen LogP contribution in [-0.4, -0.2) is 79.5 Å². The van der Waals surface area contributed by atoms with Gasteiger partial charge in [0.2, 0.25) is 0 Å². The number of nitrogens with zero attached hydrogens (tertiary/aromatic N) is 7. The minimum atomic E-state index is -0.279. The van der Waals surface area contributed by atoms with Crippen molar-refractivity contribution in [3.8, 4) is 0 Å². The van der Waals surface area contributed by atoms with E-state index in [0.29, 0.717) is 69.9 Å². The second kappa shape index (κ2) is 20.2. The lowest BCUT2D eigenvalue weighted by Gasteiger charge is -2.26. The van der Waals surface area contributed by atoms with Crippen LogP contribution < -0.4 is 21.3 Å². The second-order valence-electron chi connectivity index (χ2n) is 13.1. The molecule has 0 bridgehead atoms. The number of hydrogen-bond donors (Lipinski definition) is 4. The zero-order valence-electron chi connectivity index (χ0n) is 32.0. The summed E-state index contributed by atoms with van der Waals surface area (Å²) in [7, 11) is 0. The number of hydrogen-bond acceptors (Lipinski definition) is 14. The largest absolute Gasteiger partial charge is 0.379 e. The van der Waals surface area contributed by atoms with Crippen LogP contribution in [0.15, 0.2) is 60.9 Å². The number of carbonyl (C=O) groups excluding carboxylic acids is 2. The van der Waals surface area contributed by atoms with Gasteiger partial charge in [-0.1, -0.05) is 81.7 Å². The van der Waals surface area contributed by atoms with Gasteiger partial charge in [0, 0.05) is 30.9 Å². The molecule has 2 amide bonds. The molecule has 4 aromatic heterocycles. The fourth-order valence-electron chi connectivity index (χ4n) is 5.75. The Labute approximate surface area is 358 Å². The predicted molar refractivity (Wildman–Crippen MR) is 233 cm³/mol. The van der Waals surface area contributed by atoms with E-state index in [9.17, 15) is 9.59 Å². The highest BCUT2D eigenvalue weighted by Crippen LogP contribution is 2.30. The Hall–Kier alpha value is -4.81. The molecule has 6 aromatic rings. The number of anilines is 6. The molecular weight excluding hydrogens is 841 g/mol. The Kier molecular flexibility index (Phi) is 14.9. The number of amides is 2. The molecule has 14 nitrogen and oxygen atoms in total. The third-order valence-electron chi connectivity index (χ3n) is 8.56. The molecule has 19 heteroatoms. The Morgan fingerprint density at radius 3 is 1.76 bits per heavy atom. The predicted octanol–water partition coefficient (Wildman–Crippen LogP) is 9.32. The van der Waals surface area contributed by atoms with Crippen molar-refractivity contribution < 1.29 is 14.3 Å². The second-order valence-corrected chi connectivity index (χ2v) is 16.3. The van der Waals surface area contributed by atoms with E-state index in [2.05, 4.69) is 56.1 Å². The number of thiazole rings is 2. The van der Waals surface area contributed by atoms with Gasteiger partial charge in [-0.2, -0.15) is 0 Å². The number of ether oxygens (including phenoxy) is 1. The van der Waals surface area contributed by atoms with E-state index in [1.54, 1.807) is 31.3 Å². The quantitative estimate of drug-likeness (QED) is 0.0860. The molecule has 1 aliphatic rings. The summed E-state index contributed by atoms with van der Waals surface area (Å²) in [6, 6.07) is 14.5. The molecule has 1 fully saturated rings. The Balaban J connectivity index is 0.000000203. The third kappa shape index (κ3) is 12.1. The maximum atomic E-state index is 12.7. The van der Waals surface area contributed by atoms with E-state index in [-0.39, 0.29) is 11.8 Å². The molecule has 0 saturated carbocycles. The van der Waals surface area contributed by atoms with Crippen LogP contribution in [0.2, 0.25) is 15.2 Å². The maximum Gasteiger partial charge on any atom is 0.267 e. The first-order valence-corrected chi connectivity index (χ1v) is 20.9. The summed E-state index contributed by atoms with van der Waals surface area (Å²) in [6.45, 7) is 12.0. The molecule has 1 saturated heterocycles. The lowest BCUT2D eigenvalue weighted by atomic mass is 10.2. The highest BCUT2D eigenvalue weighted by atomic mass is 35.5. The first kappa shape index (κ1) is 42.8. The van der Waals surface area contributed by atoms with E-state index in [1.807, 2.05) is 51.1 Å². The lowest BCUT2D eigenvalue weighted by Crippen LogP contribution is -2.36. The van der Waals surface area contributed by atoms with Gasteiger partial charge in [-0.3, -0.25) is 14.5 Å². The molecule has 7 rings (SSSR count). The van der Waals surface area contributed by atoms with Crippen molar-refractivity contribution in [2.45, 2.75) is 40.5 Å². The summed E-state index contributed by atoms with van der Waals surface area (Å²) in [5.41, 5.74) is 3.98. The highest BCUT2D eigenvalue weighted by molar-refractivity contribution is 7.18. The van der Waals surface area contributed by atoms with Crippen molar-refractivity contribution in [3.63, 3.8) is 0 Å². The number of morpholine rings is 1. The molecule has 302 valence electrons. The number of aryl methyl sites for hydroxylation is 5. The fourth-order valence-corrected chi connectivity index (χ4v) is 7.95. The van der Waals surface area contributed by atoms with Gasteiger partial charge >= 0.3 is 0 Å². The van der Waals surface area contributed by atoms with E-state index in [1.165, 1.54) is 28.9 Å². The van der Waals surface area contributed by atoms with Gasteiger partial charge in [-0.25, -0.2) is 29.9 Å². The van der Waals surface area contributed by atoms with E-state index in [0.717, 1.165) is 62.5 Å². The fraction of sp³-hybridized carbons (Fsp3) is 0.282. The van der Waals surface area contributed by atoms with Gasteiger partial charge in [0.1, 0.15) is 38.2 Å². The average Bonchev–Trinajstić information content (AvgIpc) is 3.85. The van der Waals surface area contributed by atoms with Crippen molar-refractivity contribution in [3.05, 3.63) is 114 Å². The first-order valence-electron chi connectivity index (χ1n) is 18.1. The minimum Gasteiger partial charge on any atom is -0.379 e. The van der Waals surface area contributed by atoms with Crippen molar-refractivity contribution in [1.82, 2.24) is 34.8 Å². The molecule has 4 N–H and O–H groups in total. The minimum absolute atomic E-state index is 0.251. The Morgan fingerprint density at radius 1 is 0.724 bits per heavy atom. The summed E-state index contributed by atoms with van der Waals surface area (Å²) >= 11 is 20.7. The van der Waals surface area contributed by atoms with Crippen LogP contribution in [0.3, 0.4) is 0 Å². The molecule has 0 aliphatic carbocycles. The molecule has 0 radical (unpaired) electrons. The number of aromatic nitrogens is 6. The zero-order chi connectivity index (χ0) is 41.2. The van der Waals surface area contributed by atoms with Crippen molar-refractivity contribution >= 4 is 103 Å². The van der Waals surface area contributed by atoms with Crippen molar-refractivity contribution in [1.29, 1.82) is 0 Å². The number of rotatable bonds is 12. The molecule has 2 aromatic carbocycles. The number of benzene rings is 2. The topological polar surface area (TPSA) is 172 Å².